The van der Waals surface area contributed by atoms with Crippen LogP contribution in [-0.4, -0.2) is 9.97 Å². The fourth-order valence-corrected chi connectivity index (χ4v) is 0.543. The summed E-state index contributed by atoms with van der Waals surface area (Å²) in [4.78, 5) is 7.44. The maximum Gasteiger partial charge on any atom is 0.238 e. The predicted molar refractivity (Wildman–Crippen MR) is 34.9 cm³/mol. The second kappa shape index (κ2) is 2.61. The minimum atomic E-state index is 0.322. The smallest absolute Gasteiger partial charge is 0.238 e. The van der Waals surface area contributed by atoms with Gasteiger partial charge in [-0.15, -0.1) is 0 Å². The van der Waals surface area contributed by atoms with E-state index in [0.29, 0.717) is 11.1 Å². The lowest BCUT2D eigenvalue weighted by Gasteiger charge is -1.94. The number of nitrogen functional groups attached to an aromatic ring is 1. The van der Waals surface area contributed by atoms with Gasteiger partial charge in [-0.05, 0) is 6.07 Å². The van der Waals surface area contributed by atoms with Gasteiger partial charge in [0.2, 0.25) is 5.95 Å². The second-order valence-corrected chi connectivity index (χ2v) is 1.73. The highest BCUT2D eigenvalue weighted by molar-refractivity contribution is 6.29. The van der Waals surface area contributed by atoms with Gasteiger partial charge in [0.15, 0.2) is 0 Å². The molecule has 0 radical (unpaired) electrons. The van der Waals surface area contributed by atoms with Gasteiger partial charge >= 0.3 is 0 Å². The Labute approximate surface area is 57.0 Å². The van der Waals surface area contributed by atoms with Crippen molar-refractivity contribution in [1.82, 2.24) is 9.97 Å². The van der Waals surface area contributed by atoms with Crippen LogP contribution in [0.5, 0.6) is 0 Å². The molecule has 0 fully saturated rings. The number of hydrogen-bond acceptors (Lipinski definition) is 4. The van der Waals surface area contributed by atoms with Gasteiger partial charge in [0.1, 0.15) is 5.15 Å². The molecule has 0 amide bonds. The van der Waals surface area contributed by atoms with Gasteiger partial charge in [-0.25, -0.2) is 15.8 Å². The lowest BCUT2D eigenvalue weighted by Crippen LogP contribution is -2.09. The van der Waals surface area contributed by atoms with E-state index < -0.39 is 0 Å². The van der Waals surface area contributed by atoms with E-state index in [9.17, 15) is 0 Å². The number of anilines is 1. The Morgan fingerprint density at radius 2 is 2.44 bits per heavy atom. The summed E-state index contributed by atoms with van der Waals surface area (Å²) in [7, 11) is 0. The molecule has 4 nitrogen and oxygen atoms in total. The molecule has 1 aromatic heterocycles. The van der Waals surface area contributed by atoms with Gasteiger partial charge in [-0.2, -0.15) is 0 Å². The molecule has 0 saturated heterocycles. The molecule has 5 heteroatoms. The summed E-state index contributed by atoms with van der Waals surface area (Å²) < 4.78 is 0. The third kappa shape index (κ3) is 1.51. The molecule has 0 saturated carbocycles. The quantitative estimate of drug-likeness (QED) is 0.341. The van der Waals surface area contributed by atoms with E-state index in [2.05, 4.69) is 15.4 Å². The largest absolute Gasteiger partial charge is 0.292 e. The number of aromatic nitrogens is 2. The number of rotatable bonds is 1. The lowest BCUT2D eigenvalue weighted by molar-refractivity contribution is 1.12. The molecule has 0 aliphatic heterocycles. The number of nitrogens with one attached hydrogen (secondary N) is 1. The minimum absolute atomic E-state index is 0.322. The van der Waals surface area contributed by atoms with Crippen molar-refractivity contribution in [1.29, 1.82) is 0 Å². The first kappa shape index (κ1) is 6.25. The highest BCUT2D eigenvalue weighted by atomic mass is 35.5. The molecule has 0 atom stereocenters. The Morgan fingerprint density at radius 1 is 1.67 bits per heavy atom. The van der Waals surface area contributed by atoms with Crippen LogP contribution in [0.2, 0.25) is 5.15 Å². The molecule has 1 rings (SSSR count). The average Bonchev–Trinajstić information content (AvgIpc) is 1.88. The Balaban J connectivity index is 2.94. The van der Waals surface area contributed by atoms with E-state index >= 15 is 0 Å². The van der Waals surface area contributed by atoms with Crippen LogP contribution >= 0.6 is 11.6 Å². The number of hydrazine groups is 1. The molecular weight excluding hydrogens is 140 g/mol. The van der Waals surface area contributed by atoms with Gasteiger partial charge in [0.25, 0.3) is 0 Å². The highest BCUT2D eigenvalue weighted by Gasteiger charge is 1.90. The molecule has 1 aromatic rings. The monoisotopic (exact) mass is 144 g/mol. The van der Waals surface area contributed by atoms with E-state index in [4.69, 9.17) is 17.4 Å². The summed E-state index contributed by atoms with van der Waals surface area (Å²) in [5, 5.41) is 0.373. The van der Waals surface area contributed by atoms with Crippen LogP contribution in [0.4, 0.5) is 5.95 Å². The number of nitrogens with zero attached hydrogens (tertiary/aromatic N) is 2. The Morgan fingerprint density at radius 3 is 2.89 bits per heavy atom. The summed E-state index contributed by atoms with van der Waals surface area (Å²) in [6.45, 7) is 0. The summed E-state index contributed by atoms with van der Waals surface area (Å²) in [5.41, 5.74) is 2.26. The van der Waals surface area contributed by atoms with Gasteiger partial charge in [-0.1, -0.05) is 11.6 Å². The summed E-state index contributed by atoms with van der Waals surface area (Å²) in [6.07, 6.45) is 1.52. The van der Waals surface area contributed by atoms with E-state index in [0.717, 1.165) is 0 Å². The van der Waals surface area contributed by atoms with E-state index in [1.807, 2.05) is 0 Å². The summed E-state index contributed by atoms with van der Waals surface area (Å²) in [6, 6.07) is 1.57. The molecule has 9 heavy (non-hydrogen) atoms. The Bertz CT molecular complexity index is 202. The van der Waals surface area contributed by atoms with Crippen molar-refractivity contribution in [2.75, 3.05) is 5.43 Å². The number of hydrogen-bond donors (Lipinski definition) is 2. The topological polar surface area (TPSA) is 63.8 Å². The molecule has 0 spiro atoms. The van der Waals surface area contributed by atoms with Crippen LogP contribution in [0.15, 0.2) is 12.3 Å². The van der Waals surface area contributed by atoms with Crippen LogP contribution in [0.1, 0.15) is 0 Å². The fraction of sp³-hybridized carbons (Fsp3) is 0. The molecule has 1 heterocycles. The van der Waals surface area contributed by atoms with Gasteiger partial charge < -0.3 is 0 Å². The molecule has 0 aliphatic carbocycles. The predicted octanol–water partition coefficient (Wildman–Crippen LogP) is 0.416. The van der Waals surface area contributed by atoms with Crippen LogP contribution in [-0.2, 0) is 0 Å². The van der Waals surface area contributed by atoms with Gasteiger partial charge in [-0.3, -0.25) is 5.43 Å². The van der Waals surface area contributed by atoms with Gasteiger partial charge in [0.05, 0.1) is 0 Å². The lowest BCUT2D eigenvalue weighted by atomic mass is 10.7. The summed E-state index contributed by atoms with van der Waals surface area (Å²) in [5.74, 6) is 5.31. The molecule has 0 bridgehead atoms. The first-order chi connectivity index (χ1) is 4.33. The molecule has 0 unspecified atom stereocenters. The number of halogens is 1. The van der Waals surface area contributed by atoms with Crippen molar-refractivity contribution in [3.8, 4) is 0 Å². The fourth-order valence-electron chi connectivity index (χ4n) is 0.406. The van der Waals surface area contributed by atoms with Gasteiger partial charge in [0, 0.05) is 6.20 Å². The normalized spacial score (nSPS) is 9.11. The third-order valence-corrected chi connectivity index (χ3v) is 0.961. The maximum atomic E-state index is 5.48. The van der Waals surface area contributed by atoms with Crippen molar-refractivity contribution >= 4 is 17.5 Å². The van der Waals surface area contributed by atoms with Crippen molar-refractivity contribution in [2.45, 2.75) is 0 Å². The molecule has 48 valence electrons. The highest BCUT2D eigenvalue weighted by Crippen LogP contribution is 2.03. The molecule has 0 aromatic carbocycles. The van der Waals surface area contributed by atoms with Crippen LogP contribution in [0.25, 0.3) is 0 Å². The molecule has 3 N–H and O–H groups in total. The zero-order chi connectivity index (χ0) is 6.69. The first-order valence-corrected chi connectivity index (χ1v) is 2.66. The van der Waals surface area contributed by atoms with Crippen molar-refractivity contribution < 1.29 is 0 Å². The zero-order valence-corrected chi connectivity index (χ0v) is 5.26. The van der Waals surface area contributed by atoms with E-state index in [1.165, 1.54) is 6.20 Å². The van der Waals surface area contributed by atoms with Crippen molar-refractivity contribution in [2.24, 2.45) is 5.84 Å². The Kier molecular flexibility index (Phi) is 1.81. The van der Waals surface area contributed by atoms with E-state index in [-0.39, 0.29) is 0 Å². The van der Waals surface area contributed by atoms with Crippen LogP contribution in [0.3, 0.4) is 0 Å². The first-order valence-electron chi connectivity index (χ1n) is 2.28. The van der Waals surface area contributed by atoms with Crippen molar-refractivity contribution in [3.63, 3.8) is 0 Å². The molecule has 0 aliphatic rings. The minimum Gasteiger partial charge on any atom is -0.292 e. The number of nitrogens with two attached hydrogens (primary N) is 1. The maximum absolute atomic E-state index is 5.48. The Hall–Kier alpha value is -0.870. The third-order valence-electron chi connectivity index (χ3n) is 0.751. The van der Waals surface area contributed by atoms with Crippen LogP contribution < -0.4 is 11.3 Å². The zero-order valence-electron chi connectivity index (χ0n) is 4.50. The van der Waals surface area contributed by atoms with Crippen molar-refractivity contribution in [3.05, 3.63) is 17.4 Å². The van der Waals surface area contributed by atoms with E-state index in [1.54, 1.807) is 6.07 Å². The SMILES string of the molecule is NNc1nccc(Cl)n1. The van der Waals surface area contributed by atoms with Crippen LogP contribution in [0, 0.1) is 0 Å². The standard InChI is InChI=1S/C4H5ClN4/c5-3-1-2-7-4(8-3)9-6/h1-2H,6H2,(H,7,8,9). The molecular formula is C4H5ClN4. The summed E-state index contributed by atoms with van der Waals surface area (Å²) >= 11 is 5.48. The average molecular weight is 145 g/mol. The second-order valence-electron chi connectivity index (χ2n) is 1.35.